The SMILES string of the molecule is CS(=O)(=O)NC[C@@]1(c2ccc(Cl)c(Cl)c2)CNCCCO1. The van der Waals surface area contributed by atoms with Crippen molar-refractivity contribution in [1.82, 2.24) is 10.0 Å². The zero-order chi connectivity index (χ0) is 15.5. The maximum Gasteiger partial charge on any atom is 0.208 e. The van der Waals surface area contributed by atoms with E-state index >= 15 is 0 Å². The number of nitrogens with one attached hydrogen (secondary N) is 2. The molecular formula is C13H18Cl2N2O3S. The molecule has 5 nitrogen and oxygen atoms in total. The van der Waals surface area contributed by atoms with Gasteiger partial charge in [0.25, 0.3) is 0 Å². The summed E-state index contributed by atoms with van der Waals surface area (Å²) in [6.45, 7) is 1.99. The summed E-state index contributed by atoms with van der Waals surface area (Å²) >= 11 is 12.0. The minimum absolute atomic E-state index is 0.136. The molecular weight excluding hydrogens is 335 g/mol. The van der Waals surface area contributed by atoms with E-state index in [2.05, 4.69) is 10.0 Å². The van der Waals surface area contributed by atoms with E-state index in [0.717, 1.165) is 24.8 Å². The molecule has 1 atom stereocenters. The molecule has 8 heteroatoms. The lowest BCUT2D eigenvalue weighted by atomic mass is 9.93. The highest BCUT2D eigenvalue weighted by Gasteiger charge is 2.35. The number of sulfonamides is 1. The van der Waals surface area contributed by atoms with Crippen LogP contribution in [0, 0.1) is 0 Å². The summed E-state index contributed by atoms with van der Waals surface area (Å²) in [6.07, 6.45) is 1.99. The molecule has 118 valence electrons. The van der Waals surface area contributed by atoms with Crippen LogP contribution in [0.1, 0.15) is 12.0 Å². The van der Waals surface area contributed by atoms with Gasteiger partial charge in [-0.05, 0) is 30.7 Å². The van der Waals surface area contributed by atoms with Gasteiger partial charge in [-0.3, -0.25) is 0 Å². The third-order valence-corrected chi connectivity index (χ3v) is 4.76. The summed E-state index contributed by atoms with van der Waals surface area (Å²) in [5.74, 6) is 0. The second kappa shape index (κ2) is 6.81. The van der Waals surface area contributed by atoms with Crippen LogP contribution in [0.4, 0.5) is 0 Å². The lowest BCUT2D eigenvalue weighted by molar-refractivity contribution is -0.0334. The Labute approximate surface area is 135 Å². The molecule has 0 unspecified atom stereocenters. The van der Waals surface area contributed by atoms with Crippen LogP contribution in [0.25, 0.3) is 0 Å². The number of rotatable bonds is 4. The van der Waals surface area contributed by atoms with Gasteiger partial charge in [0.2, 0.25) is 10.0 Å². The minimum Gasteiger partial charge on any atom is -0.368 e. The van der Waals surface area contributed by atoms with E-state index in [1.165, 1.54) is 0 Å². The molecule has 1 aliphatic rings. The Morgan fingerprint density at radius 1 is 1.38 bits per heavy atom. The lowest BCUT2D eigenvalue weighted by Crippen LogP contribution is -2.48. The third kappa shape index (κ3) is 4.55. The molecule has 1 saturated heterocycles. The van der Waals surface area contributed by atoms with Crippen molar-refractivity contribution in [3.05, 3.63) is 33.8 Å². The molecule has 0 bridgehead atoms. The predicted molar refractivity (Wildman–Crippen MR) is 84.4 cm³/mol. The number of halogens is 2. The Morgan fingerprint density at radius 2 is 2.14 bits per heavy atom. The Balaban J connectivity index is 2.35. The highest BCUT2D eigenvalue weighted by Crippen LogP contribution is 2.32. The van der Waals surface area contributed by atoms with Gasteiger partial charge >= 0.3 is 0 Å². The van der Waals surface area contributed by atoms with Crippen molar-refractivity contribution in [2.45, 2.75) is 12.0 Å². The van der Waals surface area contributed by atoms with Gasteiger partial charge in [-0.1, -0.05) is 29.3 Å². The van der Waals surface area contributed by atoms with Crippen LogP contribution in [0.5, 0.6) is 0 Å². The van der Waals surface area contributed by atoms with Crippen LogP contribution >= 0.6 is 23.2 Å². The first kappa shape index (κ1) is 17.0. The quantitative estimate of drug-likeness (QED) is 0.866. The second-order valence-electron chi connectivity index (χ2n) is 5.10. The molecule has 0 radical (unpaired) electrons. The van der Waals surface area contributed by atoms with Crippen LogP contribution in [-0.4, -0.2) is 40.9 Å². The fourth-order valence-corrected chi connectivity index (χ4v) is 3.03. The summed E-state index contributed by atoms with van der Waals surface area (Å²) in [4.78, 5) is 0. The van der Waals surface area contributed by atoms with Crippen molar-refractivity contribution in [3.8, 4) is 0 Å². The number of benzene rings is 1. The average Bonchev–Trinajstić information content (AvgIpc) is 2.65. The van der Waals surface area contributed by atoms with Crippen LogP contribution < -0.4 is 10.0 Å². The van der Waals surface area contributed by atoms with Gasteiger partial charge in [-0.25, -0.2) is 13.1 Å². The van der Waals surface area contributed by atoms with Gasteiger partial charge in [0, 0.05) is 19.7 Å². The van der Waals surface area contributed by atoms with Crippen molar-refractivity contribution in [2.75, 3.05) is 32.5 Å². The molecule has 2 N–H and O–H groups in total. The average molecular weight is 353 g/mol. The van der Waals surface area contributed by atoms with E-state index in [0.29, 0.717) is 23.2 Å². The first-order valence-electron chi connectivity index (χ1n) is 6.57. The summed E-state index contributed by atoms with van der Waals surface area (Å²) in [5.41, 5.74) is -0.00387. The van der Waals surface area contributed by atoms with Crippen molar-refractivity contribution in [1.29, 1.82) is 0 Å². The van der Waals surface area contributed by atoms with Crippen molar-refractivity contribution >= 4 is 33.2 Å². The Hall–Kier alpha value is -0.370. The molecule has 0 aromatic heterocycles. The molecule has 2 rings (SSSR count). The van der Waals surface area contributed by atoms with E-state index in [1.807, 2.05) is 6.07 Å². The zero-order valence-corrected chi connectivity index (χ0v) is 14.0. The Morgan fingerprint density at radius 3 is 2.81 bits per heavy atom. The van der Waals surface area contributed by atoms with Gasteiger partial charge < -0.3 is 10.1 Å². The van der Waals surface area contributed by atoms with Crippen molar-refractivity contribution < 1.29 is 13.2 Å². The molecule has 0 aliphatic carbocycles. The molecule has 0 saturated carbocycles. The Kier molecular flexibility index (Phi) is 5.51. The van der Waals surface area contributed by atoms with Gasteiger partial charge in [0.05, 0.1) is 16.3 Å². The maximum atomic E-state index is 11.4. The number of hydrogen-bond donors (Lipinski definition) is 2. The number of hydrogen-bond acceptors (Lipinski definition) is 4. The second-order valence-corrected chi connectivity index (χ2v) is 7.74. The monoisotopic (exact) mass is 352 g/mol. The van der Waals surface area contributed by atoms with Crippen LogP contribution in [0.3, 0.4) is 0 Å². The zero-order valence-electron chi connectivity index (χ0n) is 11.7. The molecule has 1 aliphatic heterocycles. The standard InChI is InChI=1S/C13H18Cl2N2O3S/c1-21(18,19)17-9-13(8-16-5-2-6-20-13)10-3-4-11(14)12(15)7-10/h3-4,7,16-17H,2,5-6,8-9H2,1H3/t13-/m1/s1. The number of ether oxygens (including phenoxy) is 1. The topological polar surface area (TPSA) is 67.4 Å². The molecule has 0 spiro atoms. The smallest absolute Gasteiger partial charge is 0.208 e. The van der Waals surface area contributed by atoms with Gasteiger partial charge in [0.1, 0.15) is 5.60 Å². The van der Waals surface area contributed by atoms with E-state index in [4.69, 9.17) is 27.9 Å². The fraction of sp³-hybridized carbons (Fsp3) is 0.538. The van der Waals surface area contributed by atoms with Crippen molar-refractivity contribution in [3.63, 3.8) is 0 Å². The predicted octanol–water partition coefficient (Wildman–Crippen LogP) is 1.75. The first-order chi connectivity index (χ1) is 9.82. The summed E-state index contributed by atoms with van der Waals surface area (Å²) in [7, 11) is -3.32. The van der Waals surface area contributed by atoms with E-state index in [-0.39, 0.29) is 6.54 Å². The Bertz CT molecular complexity index is 599. The van der Waals surface area contributed by atoms with Gasteiger partial charge in [-0.15, -0.1) is 0 Å². The molecule has 0 amide bonds. The van der Waals surface area contributed by atoms with E-state index < -0.39 is 15.6 Å². The maximum absolute atomic E-state index is 11.4. The largest absolute Gasteiger partial charge is 0.368 e. The molecule has 21 heavy (non-hydrogen) atoms. The molecule has 1 aromatic rings. The van der Waals surface area contributed by atoms with Gasteiger partial charge in [0.15, 0.2) is 0 Å². The lowest BCUT2D eigenvalue weighted by Gasteiger charge is -2.33. The normalized spacial score (nSPS) is 23.8. The third-order valence-electron chi connectivity index (χ3n) is 3.35. The fourth-order valence-electron chi connectivity index (χ4n) is 2.23. The molecule has 1 heterocycles. The first-order valence-corrected chi connectivity index (χ1v) is 9.22. The summed E-state index contributed by atoms with van der Waals surface area (Å²) < 4.78 is 31.3. The highest BCUT2D eigenvalue weighted by molar-refractivity contribution is 7.88. The van der Waals surface area contributed by atoms with Crippen LogP contribution in [-0.2, 0) is 20.4 Å². The van der Waals surface area contributed by atoms with Crippen LogP contribution in [0.15, 0.2) is 18.2 Å². The van der Waals surface area contributed by atoms with E-state index in [9.17, 15) is 8.42 Å². The highest BCUT2D eigenvalue weighted by atomic mass is 35.5. The van der Waals surface area contributed by atoms with E-state index in [1.54, 1.807) is 12.1 Å². The van der Waals surface area contributed by atoms with Crippen LogP contribution in [0.2, 0.25) is 10.0 Å². The van der Waals surface area contributed by atoms with Crippen molar-refractivity contribution in [2.24, 2.45) is 0 Å². The molecule has 1 fully saturated rings. The summed E-state index contributed by atoms with van der Waals surface area (Å²) in [6, 6.07) is 5.22. The summed E-state index contributed by atoms with van der Waals surface area (Å²) in [5, 5.41) is 4.14. The molecule has 1 aromatic carbocycles. The minimum atomic E-state index is -3.32. The van der Waals surface area contributed by atoms with Gasteiger partial charge in [-0.2, -0.15) is 0 Å².